The summed E-state index contributed by atoms with van der Waals surface area (Å²) in [5, 5.41) is 3.27. The van der Waals surface area contributed by atoms with Crippen molar-refractivity contribution < 1.29 is 17.6 Å². The average Bonchev–Trinajstić information content (AvgIpc) is 2.56. The van der Waals surface area contributed by atoms with Crippen LogP contribution in [0.4, 0.5) is 4.39 Å². The summed E-state index contributed by atoms with van der Waals surface area (Å²) in [6.07, 6.45) is 0.579. The number of amides is 1. The van der Waals surface area contributed by atoms with Crippen LogP contribution in [0.5, 0.6) is 0 Å². The van der Waals surface area contributed by atoms with Crippen molar-refractivity contribution in [3.8, 4) is 0 Å². The molecule has 25 heavy (non-hydrogen) atoms. The molecule has 0 aliphatic carbocycles. The van der Waals surface area contributed by atoms with Crippen LogP contribution in [0.3, 0.4) is 0 Å². The summed E-state index contributed by atoms with van der Waals surface area (Å²) < 4.78 is 40.1. The third kappa shape index (κ3) is 5.52. The molecule has 0 bridgehead atoms. The monoisotopic (exact) mass is 384 g/mol. The van der Waals surface area contributed by atoms with Crippen molar-refractivity contribution in [3.63, 3.8) is 0 Å². The predicted octanol–water partition coefficient (Wildman–Crippen LogP) is 2.50. The van der Waals surface area contributed by atoms with Crippen molar-refractivity contribution in [3.05, 3.63) is 64.9 Å². The number of sulfonamides is 1. The van der Waals surface area contributed by atoms with E-state index in [1.165, 1.54) is 19.1 Å². The van der Waals surface area contributed by atoms with Crippen molar-refractivity contribution >= 4 is 27.5 Å². The first kappa shape index (κ1) is 19.4. The minimum Gasteiger partial charge on any atom is -0.354 e. The molecule has 0 aliphatic rings. The molecule has 2 rings (SSSR count). The Morgan fingerprint density at radius 1 is 1.16 bits per heavy atom. The van der Waals surface area contributed by atoms with Crippen molar-refractivity contribution in [2.75, 3.05) is 6.54 Å². The summed E-state index contributed by atoms with van der Waals surface area (Å²) in [5.74, 6) is -1.36. The zero-order valence-electron chi connectivity index (χ0n) is 13.5. The summed E-state index contributed by atoms with van der Waals surface area (Å²) in [5.41, 5.74) is 0.990. The van der Waals surface area contributed by atoms with Gasteiger partial charge in [0.15, 0.2) is 0 Å². The number of carbonyl (C=O) groups is 1. The molecule has 0 fully saturated rings. The van der Waals surface area contributed by atoms with Crippen molar-refractivity contribution in [2.24, 2.45) is 0 Å². The SMILES string of the molecule is C[C@H](NS(=O)(=O)c1ccccc1F)C(=O)NCCc1ccc(Cl)cc1. The molecule has 1 atom stereocenters. The standard InChI is InChI=1S/C17H18ClFN2O3S/c1-12(21-25(23,24)16-5-3-2-4-15(16)19)17(22)20-11-10-13-6-8-14(18)9-7-13/h2-9,12,21H,10-11H2,1H3,(H,20,22)/t12-/m0/s1. The molecule has 1 amide bonds. The smallest absolute Gasteiger partial charge is 0.244 e. The van der Waals surface area contributed by atoms with Crippen LogP contribution in [-0.4, -0.2) is 26.9 Å². The molecule has 0 saturated heterocycles. The normalized spacial score (nSPS) is 12.6. The van der Waals surface area contributed by atoms with Gasteiger partial charge in [0.1, 0.15) is 10.7 Å². The van der Waals surface area contributed by atoms with E-state index in [0.29, 0.717) is 18.0 Å². The topological polar surface area (TPSA) is 75.3 Å². The highest BCUT2D eigenvalue weighted by Crippen LogP contribution is 2.13. The Bertz CT molecular complexity index is 841. The second kappa shape index (κ2) is 8.42. The Labute approximate surface area is 151 Å². The fraction of sp³-hybridized carbons (Fsp3) is 0.235. The molecule has 0 radical (unpaired) electrons. The molecule has 2 aromatic rings. The van der Waals surface area contributed by atoms with Gasteiger partial charge in [0.25, 0.3) is 0 Å². The van der Waals surface area contributed by atoms with Gasteiger partial charge < -0.3 is 5.32 Å². The van der Waals surface area contributed by atoms with E-state index in [2.05, 4.69) is 10.0 Å². The first-order chi connectivity index (χ1) is 11.8. The van der Waals surface area contributed by atoms with Gasteiger partial charge in [-0.05, 0) is 43.2 Å². The summed E-state index contributed by atoms with van der Waals surface area (Å²) in [4.78, 5) is 11.5. The summed E-state index contributed by atoms with van der Waals surface area (Å²) in [6, 6.07) is 11.2. The minimum atomic E-state index is -4.12. The first-order valence-corrected chi connectivity index (χ1v) is 9.45. The maximum atomic E-state index is 13.6. The Hall–Kier alpha value is -1.96. The number of rotatable bonds is 7. The van der Waals surface area contributed by atoms with Gasteiger partial charge in [-0.1, -0.05) is 35.9 Å². The predicted molar refractivity (Wildman–Crippen MR) is 94.3 cm³/mol. The molecule has 5 nitrogen and oxygen atoms in total. The van der Waals surface area contributed by atoms with E-state index >= 15 is 0 Å². The third-order valence-corrected chi connectivity index (χ3v) is 5.30. The van der Waals surface area contributed by atoms with Gasteiger partial charge in [-0.25, -0.2) is 12.8 Å². The van der Waals surface area contributed by atoms with Gasteiger partial charge >= 0.3 is 0 Å². The lowest BCUT2D eigenvalue weighted by Gasteiger charge is -2.15. The van der Waals surface area contributed by atoms with Gasteiger partial charge in [-0.15, -0.1) is 0 Å². The summed E-state index contributed by atoms with van der Waals surface area (Å²) >= 11 is 5.80. The number of nitrogens with one attached hydrogen (secondary N) is 2. The number of hydrogen-bond acceptors (Lipinski definition) is 3. The van der Waals surface area contributed by atoms with E-state index in [1.54, 1.807) is 12.1 Å². The van der Waals surface area contributed by atoms with Gasteiger partial charge in [-0.3, -0.25) is 4.79 Å². The zero-order chi connectivity index (χ0) is 18.4. The second-order valence-corrected chi connectivity index (χ2v) is 7.56. The molecule has 2 aromatic carbocycles. The van der Waals surface area contributed by atoms with E-state index in [-0.39, 0.29) is 0 Å². The van der Waals surface area contributed by atoms with Crippen LogP contribution in [0, 0.1) is 5.82 Å². The molecule has 0 saturated carbocycles. The quantitative estimate of drug-likeness (QED) is 0.770. The van der Waals surface area contributed by atoms with E-state index in [9.17, 15) is 17.6 Å². The minimum absolute atomic E-state index is 0.340. The highest BCUT2D eigenvalue weighted by Gasteiger charge is 2.24. The number of halogens is 2. The van der Waals surface area contributed by atoms with Gasteiger partial charge in [0.2, 0.25) is 15.9 Å². The van der Waals surface area contributed by atoms with Crippen LogP contribution in [0.25, 0.3) is 0 Å². The summed E-state index contributed by atoms with van der Waals surface area (Å²) in [6.45, 7) is 1.74. The lowest BCUT2D eigenvalue weighted by Crippen LogP contribution is -2.45. The lowest BCUT2D eigenvalue weighted by atomic mass is 10.1. The van der Waals surface area contributed by atoms with Gasteiger partial charge in [0, 0.05) is 11.6 Å². The van der Waals surface area contributed by atoms with Crippen molar-refractivity contribution in [1.82, 2.24) is 10.0 Å². The molecule has 8 heteroatoms. The largest absolute Gasteiger partial charge is 0.354 e. The van der Waals surface area contributed by atoms with Crippen LogP contribution in [0.2, 0.25) is 5.02 Å². The molecule has 2 N–H and O–H groups in total. The molecule has 0 aliphatic heterocycles. The second-order valence-electron chi connectivity index (χ2n) is 5.44. The average molecular weight is 385 g/mol. The van der Waals surface area contributed by atoms with Crippen molar-refractivity contribution in [1.29, 1.82) is 0 Å². The fourth-order valence-electron chi connectivity index (χ4n) is 2.15. The molecule has 0 aromatic heterocycles. The number of carbonyl (C=O) groups excluding carboxylic acids is 1. The molecular weight excluding hydrogens is 367 g/mol. The van der Waals surface area contributed by atoms with Crippen LogP contribution in [0.15, 0.2) is 53.4 Å². The number of benzene rings is 2. The van der Waals surface area contributed by atoms with E-state index in [1.807, 2.05) is 12.1 Å². The van der Waals surface area contributed by atoms with Gasteiger partial charge in [-0.2, -0.15) is 4.72 Å². The van der Waals surface area contributed by atoms with Crippen LogP contribution < -0.4 is 10.0 Å². The van der Waals surface area contributed by atoms with Crippen molar-refractivity contribution in [2.45, 2.75) is 24.3 Å². The van der Waals surface area contributed by atoms with E-state index in [0.717, 1.165) is 17.7 Å². The Balaban J connectivity index is 1.89. The Morgan fingerprint density at radius 3 is 2.44 bits per heavy atom. The van der Waals surface area contributed by atoms with Crippen LogP contribution in [0.1, 0.15) is 12.5 Å². The molecule has 134 valence electrons. The first-order valence-electron chi connectivity index (χ1n) is 7.58. The maximum Gasteiger partial charge on any atom is 0.244 e. The van der Waals surface area contributed by atoms with E-state index < -0.39 is 32.7 Å². The lowest BCUT2D eigenvalue weighted by molar-refractivity contribution is -0.122. The summed E-state index contributed by atoms with van der Waals surface area (Å²) in [7, 11) is -4.12. The molecular formula is C17H18ClFN2O3S. The maximum absolute atomic E-state index is 13.6. The van der Waals surface area contributed by atoms with Crippen LogP contribution >= 0.6 is 11.6 Å². The van der Waals surface area contributed by atoms with Crippen LogP contribution in [-0.2, 0) is 21.2 Å². The Morgan fingerprint density at radius 2 is 1.80 bits per heavy atom. The third-order valence-electron chi connectivity index (χ3n) is 3.48. The molecule has 0 unspecified atom stereocenters. The van der Waals surface area contributed by atoms with Gasteiger partial charge in [0.05, 0.1) is 6.04 Å². The fourth-order valence-corrected chi connectivity index (χ4v) is 3.55. The zero-order valence-corrected chi connectivity index (χ0v) is 15.1. The highest BCUT2D eigenvalue weighted by molar-refractivity contribution is 7.89. The Kier molecular flexibility index (Phi) is 6.52. The highest BCUT2D eigenvalue weighted by atomic mass is 35.5. The molecule has 0 heterocycles. The molecule has 0 spiro atoms. The van der Waals surface area contributed by atoms with E-state index in [4.69, 9.17) is 11.6 Å². The number of hydrogen-bond donors (Lipinski definition) is 2.